The second-order valence-corrected chi connectivity index (χ2v) is 10.6. The molecule has 0 radical (unpaired) electrons. The minimum absolute atomic E-state index is 0.123. The fraction of sp³-hybridized carbons (Fsp3) is 0.310. The highest BCUT2D eigenvalue weighted by atomic mass is 35.5. The van der Waals surface area contributed by atoms with Gasteiger partial charge in [0.2, 0.25) is 11.8 Å². The standard InChI is InChI=1S/C29H32Cl2N2O2/c1-20-10-8-13-22(16-20)18-27(34)33(19-23-24(30)14-9-15-25(23)31)26(28(35)32-29(2,3)4)17-21-11-6-5-7-12-21/h5-16,26H,17-19H2,1-4H3,(H,32,35)/t26-/m0/s1. The maximum atomic E-state index is 13.8. The highest BCUT2D eigenvalue weighted by Crippen LogP contribution is 2.28. The number of amides is 2. The summed E-state index contributed by atoms with van der Waals surface area (Å²) in [6.07, 6.45) is 0.530. The zero-order chi connectivity index (χ0) is 25.6. The van der Waals surface area contributed by atoms with Crippen LogP contribution < -0.4 is 5.32 Å². The molecule has 1 atom stereocenters. The van der Waals surface area contributed by atoms with Gasteiger partial charge in [0.25, 0.3) is 0 Å². The van der Waals surface area contributed by atoms with E-state index in [2.05, 4.69) is 5.32 Å². The minimum atomic E-state index is -0.749. The van der Waals surface area contributed by atoms with Crippen LogP contribution in [0.4, 0.5) is 0 Å². The maximum absolute atomic E-state index is 13.8. The van der Waals surface area contributed by atoms with Crippen LogP contribution >= 0.6 is 23.2 Å². The number of aryl methyl sites for hydroxylation is 1. The number of carbonyl (C=O) groups excluding carboxylic acids is 2. The average molecular weight is 511 g/mol. The second kappa shape index (κ2) is 11.7. The summed E-state index contributed by atoms with van der Waals surface area (Å²) in [7, 11) is 0. The Morgan fingerprint density at radius 1 is 0.886 bits per heavy atom. The Bertz CT molecular complexity index is 1150. The molecule has 0 aromatic heterocycles. The number of carbonyl (C=O) groups is 2. The fourth-order valence-corrected chi connectivity index (χ4v) is 4.48. The van der Waals surface area contributed by atoms with Gasteiger partial charge < -0.3 is 10.2 Å². The summed E-state index contributed by atoms with van der Waals surface area (Å²) < 4.78 is 0. The van der Waals surface area contributed by atoms with Crippen molar-refractivity contribution in [3.8, 4) is 0 Å². The molecule has 0 heterocycles. The summed E-state index contributed by atoms with van der Waals surface area (Å²) in [6.45, 7) is 7.89. The lowest BCUT2D eigenvalue weighted by Crippen LogP contribution is -2.54. The Kier molecular flexibility index (Phi) is 8.98. The Labute approximate surface area is 218 Å². The lowest BCUT2D eigenvalue weighted by atomic mass is 9.99. The van der Waals surface area contributed by atoms with Gasteiger partial charge >= 0.3 is 0 Å². The van der Waals surface area contributed by atoms with Crippen LogP contribution in [0.5, 0.6) is 0 Å². The van der Waals surface area contributed by atoms with E-state index >= 15 is 0 Å². The highest BCUT2D eigenvalue weighted by molar-refractivity contribution is 6.36. The molecule has 0 spiro atoms. The topological polar surface area (TPSA) is 49.4 Å². The van der Waals surface area contributed by atoms with Crippen molar-refractivity contribution < 1.29 is 9.59 Å². The summed E-state index contributed by atoms with van der Waals surface area (Å²) in [6, 6.07) is 22.0. The number of halogens is 2. The van der Waals surface area contributed by atoms with E-state index in [1.807, 2.05) is 82.3 Å². The van der Waals surface area contributed by atoms with Crippen molar-refractivity contribution in [1.29, 1.82) is 0 Å². The molecule has 3 aromatic rings. The van der Waals surface area contributed by atoms with Crippen LogP contribution in [0.1, 0.15) is 43.0 Å². The first kappa shape index (κ1) is 26.8. The first-order valence-electron chi connectivity index (χ1n) is 11.7. The molecule has 0 unspecified atom stereocenters. The molecule has 0 aliphatic carbocycles. The maximum Gasteiger partial charge on any atom is 0.243 e. The number of rotatable bonds is 8. The summed E-state index contributed by atoms with van der Waals surface area (Å²) in [5, 5.41) is 3.98. The molecule has 184 valence electrons. The van der Waals surface area contributed by atoms with E-state index in [1.165, 1.54) is 0 Å². The van der Waals surface area contributed by atoms with Crippen LogP contribution in [-0.2, 0) is 29.0 Å². The van der Waals surface area contributed by atoms with Crippen molar-refractivity contribution >= 4 is 35.0 Å². The molecule has 4 nitrogen and oxygen atoms in total. The van der Waals surface area contributed by atoms with Gasteiger partial charge in [-0.15, -0.1) is 0 Å². The molecular weight excluding hydrogens is 479 g/mol. The van der Waals surface area contributed by atoms with Crippen LogP contribution in [0.15, 0.2) is 72.8 Å². The van der Waals surface area contributed by atoms with E-state index in [0.717, 1.165) is 16.7 Å². The zero-order valence-corrected chi connectivity index (χ0v) is 22.2. The lowest BCUT2D eigenvalue weighted by Gasteiger charge is -2.34. The molecule has 0 saturated carbocycles. The summed E-state index contributed by atoms with van der Waals surface area (Å²) in [4.78, 5) is 29.0. The van der Waals surface area contributed by atoms with E-state index in [-0.39, 0.29) is 24.8 Å². The van der Waals surface area contributed by atoms with Crippen LogP contribution in [0.25, 0.3) is 0 Å². The van der Waals surface area contributed by atoms with Gasteiger partial charge in [0.15, 0.2) is 0 Å². The summed E-state index contributed by atoms with van der Waals surface area (Å²) in [5.41, 5.74) is 3.08. The minimum Gasteiger partial charge on any atom is -0.350 e. The van der Waals surface area contributed by atoms with Gasteiger partial charge in [-0.2, -0.15) is 0 Å². The molecule has 0 aliphatic rings. The number of benzene rings is 3. The monoisotopic (exact) mass is 510 g/mol. The van der Waals surface area contributed by atoms with Gasteiger partial charge in [0.1, 0.15) is 6.04 Å². The van der Waals surface area contributed by atoms with Crippen LogP contribution in [0, 0.1) is 6.92 Å². The van der Waals surface area contributed by atoms with Crippen LogP contribution in [-0.4, -0.2) is 28.3 Å². The molecule has 35 heavy (non-hydrogen) atoms. The fourth-order valence-electron chi connectivity index (χ4n) is 3.96. The van der Waals surface area contributed by atoms with Crippen molar-refractivity contribution in [2.45, 2.75) is 58.7 Å². The molecule has 2 amide bonds. The number of hydrogen-bond acceptors (Lipinski definition) is 2. The Hall–Kier alpha value is -2.82. The summed E-state index contributed by atoms with van der Waals surface area (Å²) >= 11 is 13.0. The normalized spacial score (nSPS) is 12.2. The van der Waals surface area contributed by atoms with Gasteiger partial charge in [-0.3, -0.25) is 9.59 Å². The lowest BCUT2D eigenvalue weighted by molar-refractivity contribution is -0.141. The first-order valence-corrected chi connectivity index (χ1v) is 12.4. The van der Waals surface area contributed by atoms with Crippen LogP contribution in [0.2, 0.25) is 10.0 Å². The van der Waals surface area contributed by atoms with E-state index < -0.39 is 11.6 Å². The number of hydrogen-bond donors (Lipinski definition) is 1. The molecule has 3 aromatic carbocycles. The van der Waals surface area contributed by atoms with Crippen molar-refractivity contribution in [3.63, 3.8) is 0 Å². The Morgan fingerprint density at radius 3 is 2.09 bits per heavy atom. The molecule has 1 N–H and O–H groups in total. The number of nitrogens with zero attached hydrogens (tertiary/aromatic N) is 1. The van der Waals surface area contributed by atoms with Gasteiger partial charge in [-0.1, -0.05) is 89.4 Å². The predicted molar refractivity (Wildman–Crippen MR) is 144 cm³/mol. The molecule has 0 aliphatic heterocycles. The van der Waals surface area contributed by atoms with E-state index in [0.29, 0.717) is 22.0 Å². The van der Waals surface area contributed by atoms with Gasteiger partial charge in [-0.05, 0) is 51.0 Å². The molecular formula is C29H32Cl2N2O2. The third-order valence-electron chi connectivity index (χ3n) is 5.60. The van der Waals surface area contributed by atoms with Crippen molar-refractivity contribution in [3.05, 3.63) is 105 Å². The Morgan fingerprint density at radius 2 is 1.49 bits per heavy atom. The average Bonchev–Trinajstić information content (AvgIpc) is 2.77. The first-order chi connectivity index (χ1) is 16.5. The van der Waals surface area contributed by atoms with E-state index in [1.54, 1.807) is 23.1 Å². The molecule has 0 bridgehead atoms. The van der Waals surface area contributed by atoms with Gasteiger partial charge in [0.05, 0.1) is 6.42 Å². The predicted octanol–water partition coefficient (Wildman–Crippen LogP) is 6.40. The third kappa shape index (κ3) is 7.84. The molecule has 6 heteroatoms. The molecule has 0 fully saturated rings. The molecule has 3 rings (SSSR count). The second-order valence-electron chi connectivity index (χ2n) is 9.83. The van der Waals surface area contributed by atoms with Crippen molar-refractivity contribution in [2.75, 3.05) is 0 Å². The van der Waals surface area contributed by atoms with E-state index in [9.17, 15) is 9.59 Å². The smallest absolute Gasteiger partial charge is 0.243 e. The third-order valence-corrected chi connectivity index (χ3v) is 6.31. The van der Waals surface area contributed by atoms with Crippen LogP contribution in [0.3, 0.4) is 0 Å². The largest absolute Gasteiger partial charge is 0.350 e. The SMILES string of the molecule is Cc1cccc(CC(=O)N(Cc2c(Cl)cccc2Cl)[C@@H](Cc2ccccc2)C(=O)NC(C)(C)C)c1. The van der Waals surface area contributed by atoms with Gasteiger partial charge in [0, 0.05) is 34.1 Å². The number of nitrogens with one attached hydrogen (secondary N) is 1. The zero-order valence-electron chi connectivity index (χ0n) is 20.6. The van der Waals surface area contributed by atoms with Crippen molar-refractivity contribution in [2.24, 2.45) is 0 Å². The highest BCUT2D eigenvalue weighted by Gasteiger charge is 2.33. The summed E-state index contributed by atoms with van der Waals surface area (Å²) in [5.74, 6) is -0.390. The Balaban J connectivity index is 2.04. The van der Waals surface area contributed by atoms with Crippen molar-refractivity contribution in [1.82, 2.24) is 10.2 Å². The van der Waals surface area contributed by atoms with Gasteiger partial charge in [-0.25, -0.2) is 0 Å². The van der Waals surface area contributed by atoms with E-state index in [4.69, 9.17) is 23.2 Å². The molecule has 0 saturated heterocycles. The quantitative estimate of drug-likeness (QED) is 0.381.